The second-order valence-electron chi connectivity index (χ2n) is 4.00. The third kappa shape index (κ3) is 4.73. The van der Waals surface area contributed by atoms with Gasteiger partial charge in [0.2, 0.25) is 0 Å². The molecule has 0 aliphatic carbocycles. The molecule has 0 atom stereocenters. The van der Waals surface area contributed by atoms with Gasteiger partial charge in [-0.15, -0.1) is 11.8 Å². The van der Waals surface area contributed by atoms with Gasteiger partial charge in [-0.05, 0) is 12.1 Å². The molecule has 3 nitrogen and oxygen atoms in total. The first-order valence-electron chi connectivity index (χ1n) is 5.81. The number of rotatable bonds is 5. The van der Waals surface area contributed by atoms with E-state index in [-0.39, 0.29) is 0 Å². The Balaban J connectivity index is 2.01. The molecule has 0 bridgehead atoms. The average Bonchev–Trinajstić information content (AvgIpc) is 2.44. The number of alkyl halides is 3. The average molecular weight is 299 g/mol. The van der Waals surface area contributed by atoms with Crippen molar-refractivity contribution in [3.8, 4) is 0 Å². The number of thioether (sulfide) groups is 1. The van der Waals surface area contributed by atoms with Gasteiger partial charge in [0.05, 0.1) is 5.75 Å². The van der Waals surface area contributed by atoms with Crippen LogP contribution < -0.4 is 5.32 Å². The summed E-state index contributed by atoms with van der Waals surface area (Å²) in [5.41, 5.74) is 1.54. The van der Waals surface area contributed by atoms with Crippen LogP contribution in [0.3, 0.4) is 0 Å². The molecule has 0 aliphatic heterocycles. The number of para-hydroxylation sites is 1. The first kappa shape index (κ1) is 14.6. The van der Waals surface area contributed by atoms with Gasteiger partial charge in [0, 0.05) is 35.1 Å². The van der Waals surface area contributed by atoms with Crippen LogP contribution in [-0.4, -0.2) is 21.9 Å². The first-order chi connectivity index (χ1) is 9.54. The molecule has 2 rings (SSSR count). The van der Waals surface area contributed by atoms with Crippen molar-refractivity contribution in [3.63, 3.8) is 0 Å². The SMILES string of the molecule is FC(F)(F)CSc1ccccc1NCc1cncnc1. The van der Waals surface area contributed by atoms with Gasteiger partial charge in [0.15, 0.2) is 0 Å². The van der Waals surface area contributed by atoms with Gasteiger partial charge < -0.3 is 5.32 Å². The number of aromatic nitrogens is 2. The minimum absolute atomic E-state index is 0.463. The maximum absolute atomic E-state index is 12.3. The maximum Gasteiger partial charge on any atom is 0.398 e. The number of hydrogen-bond donors (Lipinski definition) is 1. The van der Waals surface area contributed by atoms with E-state index in [2.05, 4.69) is 15.3 Å². The molecular weight excluding hydrogens is 287 g/mol. The summed E-state index contributed by atoms with van der Waals surface area (Å²) in [4.78, 5) is 8.34. The molecule has 1 heterocycles. The second kappa shape index (κ2) is 6.60. The summed E-state index contributed by atoms with van der Waals surface area (Å²) in [6.07, 6.45) is 0.568. The number of anilines is 1. The highest BCUT2D eigenvalue weighted by Gasteiger charge is 2.27. The lowest BCUT2D eigenvalue weighted by Gasteiger charge is -2.12. The van der Waals surface area contributed by atoms with Crippen LogP contribution in [0.15, 0.2) is 47.9 Å². The van der Waals surface area contributed by atoms with Crippen LogP contribution in [0, 0.1) is 0 Å². The molecular formula is C13H12F3N3S. The van der Waals surface area contributed by atoms with Crippen LogP contribution >= 0.6 is 11.8 Å². The van der Waals surface area contributed by atoms with Crippen LogP contribution in [0.2, 0.25) is 0 Å². The van der Waals surface area contributed by atoms with E-state index in [0.29, 0.717) is 17.1 Å². The van der Waals surface area contributed by atoms with Crippen molar-refractivity contribution in [1.29, 1.82) is 0 Å². The molecule has 0 fully saturated rings. The Kier molecular flexibility index (Phi) is 4.84. The molecule has 0 saturated carbocycles. The fourth-order valence-electron chi connectivity index (χ4n) is 1.52. The summed E-state index contributed by atoms with van der Waals surface area (Å²) in [5.74, 6) is -0.903. The topological polar surface area (TPSA) is 37.8 Å². The summed E-state index contributed by atoms with van der Waals surface area (Å²) in [6, 6.07) is 6.92. The van der Waals surface area contributed by atoms with Gasteiger partial charge in [-0.1, -0.05) is 12.1 Å². The van der Waals surface area contributed by atoms with Gasteiger partial charge in [-0.3, -0.25) is 0 Å². The van der Waals surface area contributed by atoms with Crippen molar-refractivity contribution in [3.05, 3.63) is 48.5 Å². The standard InChI is InChI=1S/C13H12F3N3S/c14-13(15,16)8-20-12-4-2-1-3-11(12)19-7-10-5-17-9-18-6-10/h1-6,9,19H,7-8H2. The smallest absolute Gasteiger partial charge is 0.380 e. The van der Waals surface area contributed by atoms with Crippen molar-refractivity contribution in [2.75, 3.05) is 11.1 Å². The van der Waals surface area contributed by atoms with Crippen molar-refractivity contribution in [2.45, 2.75) is 17.6 Å². The number of nitrogens with one attached hydrogen (secondary N) is 1. The van der Waals surface area contributed by atoms with Gasteiger partial charge in [-0.25, -0.2) is 9.97 Å². The molecule has 0 spiro atoms. The minimum Gasteiger partial charge on any atom is -0.380 e. The predicted molar refractivity (Wildman–Crippen MR) is 72.6 cm³/mol. The Bertz CT molecular complexity index is 546. The molecule has 20 heavy (non-hydrogen) atoms. The van der Waals surface area contributed by atoms with Crippen LogP contribution in [0.5, 0.6) is 0 Å². The highest BCUT2D eigenvalue weighted by molar-refractivity contribution is 7.99. The molecule has 0 unspecified atom stereocenters. The lowest BCUT2D eigenvalue weighted by atomic mass is 10.3. The summed E-state index contributed by atoms with van der Waals surface area (Å²) in [7, 11) is 0. The molecule has 0 saturated heterocycles. The fraction of sp³-hybridized carbons (Fsp3) is 0.231. The molecule has 0 radical (unpaired) electrons. The van der Waals surface area contributed by atoms with Gasteiger partial charge in [-0.2, -0.15) is 13.2 Å². The molecule has 2 aromatic rings. The fourth-order valence-corrected chi connectivity index (χ4v) is 2.31. The quantitative estimate of drug-likeness (QED) is 0.853. The highest BCUT2D eigenvalue weighted by Crippen LogP contribution is 2.32. The van der Waals surface area contributed by atoms with Gasteiger partial charge in [0.25, 0.3) is 0 Å². The molecule has 0 aliphatic rings. The van der Waals surface area contributed by atoms with Crippen molar-refractivity contribution < 1.29 is 13.2 Å². The third-order valence-electron chi connectivity index (χ3n) is 2.38. The first-order valence-corrected chi connectivity index (χ1v) is 6.79. The molecule has 1 aromatic heterocycles. The summed E-state index contributed by atoms with van der Waals surface area (Å²) < 4.78 is 36.8. The monoisotopic (exact) mass is 299 g/mol. The van der Waals surface area contributed by atoms with Crippen molar-refractivity contribution >= 4 is 17.4 Å². The van der Waals surface area contributed by atoms with Crippen LogP contribution in [0.1, 0.15) is 5.56 Å². The minimum atomic E-state index is -4.18. The molecule has 1 aromatic carbocycles. The normalized spacial score (nSPS) is 11.3. The second-order valence-corrected chi connectivity index (χ2v) is 5.02. The Hall–Kier alpha value is -1.76. The van der Waals surface area contributed by atoms with E-state index in [1.54, 1.807) is 36.7 Å². The zero-order valence-electron chi connectivity index (χ0n) is 10.4. The maximum atomic E-state index is 12.3. The summed E-state index contributed by atoms with van der Waals surface area (Å²) in [5, 5.41) is 3.10. The molecule has 0 amide bonds. The van der Waals surface area contributed by atoms with E-state index >= 15 is 0 Å². The Morgan fingerprint density at radius 3 is 2.50 bits per heavy atom. The molecule has 106 valence electrons. The molecule has 7 heteroatoms. The van der Waals surface area contributed by atoms with E-state index in [1.165, 1.54) is 6.33 Å². The largest absolute Gasteiger partial charge is 0.398 e. The van der Waals surface area contributed by atoms with Crippen LogP contribution in [0.25, 0.3) is 0 Å². The van der Waals surface area contributed by atoms with Gasteiger partial charge in [0.1, 0.15) is 6.33 Å². The summed E-state index contributed by atoms with van der Waals surface area (Å²) >= 11 is 0.770. The zero-order valence-corrected chi connectivity index (χ0v) is 11.2. The summed E-state index contributed by atoms with van der Waals surface area (Å²) in [6.45, 7) is 0.463. The lowest BCUT2D eigenvalue weighted by molar-refractivity contribution is -0.105. The Morgan fingerprint density at radius 2 is 1.80 bits per heavy atom. The number of benzene rings is 1. The molecule has 1 N–H and O–H groups in total. The van der Waals surface area contributed by atoms with E-state index in [0.717, 1.165) is 17.3 Å². The van der Waals surface area contributed by atoms with Crippen LogP contribution in [-0.2, 0) is 6.54 Å². The number of hydrogen-bond acceptors (Lipinski definition) is 4. The van der Waals surface area contributed by atoms with Gasteiger partial charge >= 0.3 is 6.18 Å². The van der Waals surface area contributed by atoms with E-state index in [9.17, 15) is 13.2 Å². The number of nitrogens with zero attached hydrogens (tertiary/aromatic N) is 2. The number of halogens is 3. The highest BCUT2D eigenvalue weighted by atomic mass is 32.2. The zero-order chi connectivity index (χ0) is 14.4. The van der Waals surface area contributed by atoms with E-state index in [4.69, 9.17) is 0 Å². The van der Waals surface area contributed by atoms with Crippen molar-refractivity contribution in [2.24, 2.45) is 0 Å². The van der Waals surface area contributed by atoms with Crippen molar-refractivity contribution in [1.82, 2.24) is 9.97 Å². The van der Waals surface area contributed by atoms with E-state index < -0.39 is 11.9 Å². The Morgan fingerprint density at radius 1 is 1.10 bits per heavy atom. The third-order valence-corrected chi connectivity index (χ3v) is 3.51. The predicted octanol–water partition coefficient (Wildman–Crippen LogP) is 3.74. The lowest BCUT2D eigenvalue weighted by Crippen LogP contribution is -2.11. The van der Waals surface area contributed by atoms with Crippen LogP contribution in [0.4, 0.5) is 18.9 Å². The Labute approximate surface area is 118 Å². The van der Waals surface area contributed by atoms with E-state index in [1.807, 2.05) is 0 Å².